The van der Waals surface area contributed by atoms with Crippen molar-refractivity contribution in [3.05, 3.63) is 58.0 Å². The average molecular weight is 522 g/mol. The van der Waals surface area contributed by atoms with Crippen molar-refractivity contribution >= 4 is 23.2 Å². The normalized spacial score (nSPS) is 21.9. The number of carbonyl (C=O) groups is 2. The lowest BCUT2D eigenvalue weighted by atomic mass is 9.83. The Labute approximate surface area is 224 Å². The number of benzene rings is 1. The van der Waals surface area contributed by atoms with Crippen molar-refractivity contribution < 1.29 is 14.3 Å². The van der Waals surface area contributed by atoms with E-state index >= 15 is 0 Å². The SMILES string of the molecule is CCC(C)NC(=O)c1ccc(N2CC3CC(C2)c2cccc(=O)n2C3)c(NC(=O)CCN2CCOCC2)c1. The highest BCUT2D eigenvalue weighted by atomic mass is 16.5. The highest BCUT2D eigenvalue weighted by Crippen LogP contribution is 2.39. The molecule has 3 atom stereocenters. The predicted octanol–water partition coefficient (Wildman–Crippen LogP) is 2.66. The number of aromatic nitrogens is 1. The molecule has 2 fully saturated rings. The molecule has 0 radical (unpaired) electrons. The first kappa shape index (κ1) is 26.4. The molecule has 9 nitrogen and oxygen atoms in total. The van der Waals surface area contributed by atoms with Crippen molar-refractivity contribution in [3.63, 3.8) is 0 Å². The van der Waals surface area contributed by atoms with Crippen LogP contribution in [0, 0.1) is 5.92 Å². The second kappa shape index (κ2) is 11.7. The number of fused-ring (bicyclic) bond motifs is 4. The molecule has 1 aromatic heterocycles. The number of hydrogen-bond donors (Lipinski definition) is 2. The largest absolute Gasteiger partial charge is 0.379 e. The smallest absolute Gasteiger partial charge is 0.251 e. The van der Waals surface area contributed by atoms with Gasteiger partial charge in [0.2, 0.25) is 5.91 Å². The molecule has 0 aliphatic carbocycles. The van der Waals surface area contributed by atoms with Gasteiger partial charge in [0.25, 0.3) is 11.5 Å². The predicted molar refractivity (Wildman–Crippen MR) is 148 cm³/mol. The highest BCUT2D eigenvalue weighted by Gasteiger charge is 2.35. The summed E-state index contributed by atoms with van der Waals surface area (Å²) >= 11 is 0. The van der Waals surface area contributed by atoms with Crippen LogP contribution < -0.4 is 21.1 Å². The number of ether oxygens (including phenoxy) is 1. The third kappa shape index (κ3) is 5.94. The van der Waals surface area contributed by atoms with E-state index in [-0.39, 0.29) is 29.3 Å². The summed E-state index contributed by atoms with van der Waals surface area (Å²) in [5.74, 6) is 0.388. The maximum absolute atomic E-state index is 13.1. The van der Waals surface area contributed by atoms with Gasteiger partial charge in [-0.3, -0.25) is 19.3 Å². The monoisotopic (exact) mass is 521 g/mol. The van der Waals surface area contributed by atoms with Gasteiger partial charge in [-0.1, -0.05) is 13.0 Å². The van der Waals surface area contributed by atoms with Crippen LogP contribution in [0.3, 0.4) is 0 Å². The summed E-state index contributed by atoms with van der Waals surface area (Å²) in [6.07, 6.45) is 2.27. The molecule has 5 rings (SSSR count). The minimum atomic E-state index is -0.140. The first-order valence-corrected chi connectivity index (χ1v) is 13.9. The Balaban J connectivity index is 1.37. The number of hydrogen-bond acceptors (Lipinski definition) is 6. The topological polar surface area (TPSA) is 95.9 Å². The van der Waals surface area contributed by atoms with Gasteiger partial charge in [0.1, 0.15) is 0 Å². The van der Waals surface area contributed by atoms with Gasteiger partial charge in [-0.05, 0) is 49.9 Å². The zero-order valence-corrected chi connectivity index (χ0v) is 22.4. The van der Waals surface area contributed by atoms with Crippen molar-refractivity contribution in [2.45, 2.75) is 51.6 Å². The fourth-order valence-electron chi connectivity index (χ4n) is 5.85. The molecule has 4 heterocycles. The van der Waals surface area contributed by atoms with Crippen molar-refractivity contribution in [2.24, 2.45) is 5.92 Å². The molecule has 9 heteroatoms. The summed E-state index contributed by atoms with van der Waals surface area (Å²) in [4.78, 5) is 43.0. The summed E-state index contributed by atoms with van der Waals surface area (Å²) in [5, 5.41) is 6.16. The summed E-state index contributed by atoms with van der Waals surface area (Å²) in [5.41, 5.74) is 3.27. The lowest BCUT2D eigenvalue weighted by Crippen LogP contribution is -2.47. The van der Waals surface area contributed by atoms with E-state index < -0.39 is 0 Å². The number of nitrogens with zero attached hydrogens (tertiary/aromatic N) is 3. The van der Waals surface area contributed by atoms with Gasteiger partial charge < -0.3 is 24.8 Å². The van der Waals surface area contributed by atoms with E-state index in [9.17, 15) is 14.4 Å². The Bertz CT molecular complexity index is 1220. The van der Waals surface area contributed by atoms with Gasteiger partial charge >= 0.3 is 0 Å². The van der Waals surface area contributed by atoms with Crippen LogP contribution in [0.25, 0.3) is 0 Å². The third-order valence-corrected chi connectivity index (χ3v) is 8.10. The molecular weight excluding hydrogens is 482 g/mol. The van der Waals surface area contributed by atoms with E-state index in [0.29, 0.717) is 49.9 Å². The minimum absolute atomic E-state index is 0.0636. The molecule has 2 saturated heterocycles. The molecular formula is C29H39N5O4. The Morgan fingerprint density at radius 2 is 1.92 bits per heavy atom. The van der Waals surface area contributed by atoms with Crippen LogP contribution in [0.2, 0.25) is 0 Å². The molecule has 2 N–H and O–H groups in total. The Kier molecular flexibility index (Phi) is 8.14. The second-order valence-electron chi connectivity index (χ2n) is 10.9. The van der Waals surface area contributed by atoms with Crippen LogP contribution in [-0.2, 0) is 16.1 Å². The van der Waals surface area contributed by atoms with Crippen molar-refractivity contribution in [3.8, 4) is 0 Å². The number of morpholine rings is 1. The lowest BCUT2D eigenvalue weighted by Gasteiger charge is -2.44. The molecule has 2 bridgehead atoms. The van der Waals surface area contributed by atoms with Gasteiger partial charge in [0, 0.05) is 75.0 Å². The maximum atomic E-state index is 13.1. The number of rotatable bonds is 8. The third-order valence-electron chi connectivity index (χ3n) is 8.10. The first-order valence-electron chi connectivity index (χ1n) is 13.9. The molecule has 2 aromatic rings. The fourth-order valence-corrected chi connectivity index (χ4v) is 5.85. The number of nitrogens with one attached hydrogen (secondary N) is 2. The van der Waals surface area contributed by atoms with E-state index in [1.54, 1.807) is 6.07 Å². The number of pyridine rings is 1. The van der Waals surface area contributed by atoms with E-state index in [2.05, 4.69) is 26.5 Å². The number of piperidine rings is 1. The van der Waals surface area contributed by atoms with Crippen LogP contribution >= 0.6 is 0 Å². The van der Waals surface area contributed by atoms with Crippen molar-refractivity contribution in [1.82, 2.24) is 14.8 Å². The number of carbonyl (C=O) groups excluding carboxylic acids is 2. The van der Waals surface area contributed by atoms with Gasteiger partial charge in [0.05, 0.1) is 24.6 Å². The van der Waals surface area contributed by atoms with Crippen LogP contribution in [0.1, 0.15) is 55.1 Å². The van der Waals surface area contributed by atoms with E-state index in [1.165, 1.54) is 0 Å². The van der Waals surface area contributed by atoms with E-state index in [0.717, 1.165) is 50.4 Å². The summed E-state index contributed by atoms with van der Waals surface area (Å²) in [6.45, 7) is 10.0. The molecule has 38 heavy (non-hydrogen) atoms. The number of amides is 2. The summed E-state index contributed by atoms with van der Waals surface area (Å²) in [7, 11) is 0. The van der Waals surface area contributed by atoms with Crippen LogP contribution in [0.5, 0.6) is 0 Å². The van der Waals surface area contributed by atoms with Gasteiger partial charge in [-0.15, -0.1) is 0 Å². The standard InChI is InChI=1S/C29H39N5O4/c1-3-20(2)30-29(37)22-7-8-26(24(16-22)31-27(35)9-10-32-11-13-38-14-12-32)33-17-21-15-23(19-33)25-5-4-6-28(36)34(25)18-21/h4-8,16,20-21,23H,3,9-15,17-19H2,1-2H3,(H,30,37)(H,31,35). The quantitative estimate of drug-likeness (QED) is 0.555. The van der Waals surface area contributed by atoms with Gasteiger partial charge in [-0.25, -0.2) is 0 Å². The van der Waals surface area contributed by atoms with Crippen LogP contribution in [0.4, 0.5) is 11.4 Å². The zero-order valence-electron chi connectivity index (χ0n) is 22.4. The highest BCUT2D eigenvalue weighted by molar-refractivity contribution is 6.00. The van der Waals surface area contributed by atoms with Crippen LogP contribution in [-0.4, -0.2) is 73.3 Å². The molecule has 2 amide bonds. The molecule has 204 valence electrons. The Morgan fingerprint density at radius 3 is 2.71 bits per heavy atom. The van der Waals surface area contributed by atoms with Gasteiger partial charge in [0.15, 0.2) is 0 Å². The van der Waals surface area contributed by atoms with E-state index in [4.69, 9.17) is 4.74 Å². The first-order chi connectivity index (χ1) is 18.4. The van der Waals surface area contributed by atoms with Gasteiger partial charge in [-0.2, -0.15) is 0 Å². The lowest BCUT2D eigenvalue weighted by molar-refractivity contribution is -0.116. The molecule has 3 unspecified atom stereocenters. The van der Waals surface area contributed by atoms with Crippen molar-refractivity contribution in [2.75, 3.05) is 56.2 Å². The Morgan fingerprint density at radius 1 is 1.11 bits per heavy atom. The molecule has 1 aromatic carbocycles. The maximum Gasteiger partial charge on any atom is 0.251 e. The minimum Gasteiger partial charge on any atom is -0.379 e. The molecule has 0 saturated carbocycles. The van der Waals surface area contributed by atoms with E-state index in [1.807, 2.05) is 42.7 Å². The van der Waals surface area contributed by atoms with Crippen LogP contribution in [0.15, 0.2) is 41.2 Å². The van der Waals surface area contributed by atoms with Crippen molar-refractivity contribution in [1.29, 1.82) is 0 Å². The second-order valence-corrected chi connectivity index (χ2v) is 10.9. The molecule has 0 spiro atoms. The number of anilines is 2. The molecule has 3 aliphatic rings. The summed E-state index contributed by atoms with van der Waals surface area (Å²) < 4.78 is 7.33. The summed E-state index contributed by atoms with van der Waals surface area (Å²) in [6, 6.07) is 11.2. The zero-order chi connectivity index (χ0) is 26.6. The Hall–Kier alpha value is -3.17. The fraction of sp³-hybridized carbons (Fsp3) is 0.552. The molecule has 3 aliphatic heterocycles. The average Bonchev–Trinajstić information content (AvgIpc) is 2.93.